The van der Waals surface area contributed by atoms with E-state index in [4.69, 9.17) is 4.42 Å². The maximum Gasteiger partial charge on any atom is 0.420 e. The molecule has 6 nitrogen and oxygen atoms in total. The lowest BCUT2D eigenvalue weighted by Crippen LogP contribution is -2.43. The molecule has 1 N–H and O–H groups in total. The van der Waals surface area contributed by atoms with Gasteiger partial charge in [-0.3, -0.25) is 0 Å². The third-order valence-corrected chi connectivity index (χ3v) is 6.23. The van der Waals surface area contributed by atoms with Gasteiger partial charge in [0.05, 0.1) is 12.0 Å². The zero-order valence-corrected chi connectivity index (χ0v) is 17.5. The average Bonchev–Trinajstić information content (AvgIpc) is 3.36. The maximum absolute atomic E-state index is 13.6. The highest BCUT2D eigenvalue weighted by Crippen LogP contribution is 2.52. The number of rotatable bonds is 4. The number of alkyl halides is 3. The molecule has 0 spiro atoms. The van der Waals surface area contributed by atoms with E-state index in [2.05, 4.69) is 22.1 Å². The number of aliphatic hydroxyl groups excluding tert-OH is 1. The van der Waals surface area contributed by atoms with E-state index in [1.807, 2.05) is 29.8 Å². The van der Waals surface area contributed by atoms with Gasteiger partial charge in [-0.1, -0.05) is 19.1 Å². The molecule has 0 unspecified atom stereocenters. The van der Waals surface area contributed by atoms with E-state index >= 15 is 0 Å². The van der Waals surface area contributed by atoms with Crippen molar-refractivity contribution in [1.29, 1.82) is 0 Å². The van der Waals surface area contributed by atoms with Crippen LogP contribution in [0.4, 0.5) is 13.2 Å². The molecule has 166 valence electrons. The van der Waals surface area contributed by atoms with Crippen molar-refractivity contribution in [2.45, 2.75) is 38.0 Å². The van der Waals surface area contributed by atoms with Crippen LogP contribution in [0.25, 0.3) is 22.6 Å². The van der Waals surface area contributed by atoms with Crippen molar-refractivity contribution < 1.29 is 22.7 Å². The number of hydrogen-bond acceptors (Lipinski definition) is 5. The molecule has 0 saturated heterocycles. The van der Waals surface area contributed by atoms with Crippen LogP contribution < -0.4 is 0 Å². The summed E-state index contributed by atoms with van der Waals surface area (Å²) in [7, 11) is 1.90. The molecule has 0 radical (unpaired) electrons. The number of fused-ring (bicyclic) bond motifs is 1. The first-order valence-corrected chi connectivity index (χ1v) is 10.3. The fourth-order valence-corrected chi connectivity index (χ4v) is 4.86. The molecule has 2 aromatic heterocycles. The highest BCUT2D eigenvalue weighted by atomic mass is 19.4. The van der Waals surface area contributed by atoms with Crippen LogP contribution in [0.15, 0.2) is 47.1 Å². The Labute approximate surface area is 181 Å². The summed E-state index contributed by atoms with van der Waals surface area (Å²) >= 11 is 0. The van der Waals surface area contributed by atoms with Crippen molar-refractivity contribution in [2.24, 2.45) is 13.0 Å². The van der Waals surface area contributed by atoms with E-state index in [1.54, 1.807) is 12.4 Å². The predicted molar refractivity (Wildman–Crippen MR) is 111 cm³/mol. The molecule has 2 heterocycles. The molecule has 0 bridgehead atoms. The number of oxazole rings is 1. The molecule has 0 amide bonds. The van der Waals surface area contributed by atoms with Crippen molar-refractivity contribution in [3.8, 4) is 11.5 Å². The van der Waals surface area contributed by atoms with Gasteiger partial charge in [0.2, 0.25) is 5.89 Å². The van der Waals surface area contributed by atoms with Crippen LogP contribution in [0.1, 0.15) is 42.3 Å². The second kappa shape index (κ2) is 7.16. The summed E-state index contributed by atoms with van der Waals surface area (Å²) in [5, 5.41) is 17.7. The average molecular weight is 442 g/mol. The third-order valence-electron chi connectivity index (χ3n) is 6.23. The first-order chi connectivity index (χ1) is 15.2. The first-order valence-electron chi connectivity index (χ1n) is 10.3. The van der Waals surface area contributed by atoms with Crippen molar-refractivity contribution in [1.82, 2.24) is 19.7 Å². The van der Waals surface area contributed by atoms with Crippen molar-refractivity contribution in [2.75, 3.05) is 0 Å². The Hall–Kier alpha value is -3.20. The Morgan fingerprint density at radius 3 is 2.62 bits per heavy atom. The fraction of sp³-hybridized carbons (Fsp3) is 0.348. The summed E-state index contributed by atoms with van der Waals surface area (Å²) in [6.45, 7) is 1.66. The predicted octanol–water partition coefficient (Wildman–Crippen LogP) is 4.85. The van der Waals surface area contributed by atoms with Gasteiger partial charge in [-0.05, 0) is 54.2 Å². The van der Waals surface area contributed by atoms with E-state index in [0.717, 1.165) is 30.3 Å². The van der Waals surface area contributed by atoms with Crippen LogP contribution in [-0.2, 0) is 25.2 Å². The number of hydrogen-bond donors (Lipinski definition) is 1. The van der Waals surface area contributed by atoms with Gasteiger partial charge in [0.25, 0.3) is 0 Å². The highest BCUT2D eigenvalue weighted by Gasteiger charge is 2.48. The fourth-order valence-electron chi connectivity index (χ4n) is 4.86. The molecule has 1 fully saturated rings. The van der Waals surface area contributed by atoms with Gasteiger partial charge >= 0.3 is 6.18 Å². The number of halogens is 3. The third kappa shape index (κ3) is 3.19. The Morgan fingerprint density at radius 2 is 2.00 bits per heavy atom. The molecule has 1 saturated carbocycles. The van der Waals surface area contributed by atoms with Gasteiger partial charge in [-0.15, -0.1) is 10.2 Å². The van der Waals surface area contributed by atoms with Crippen LogP contribution in [0.5, 0.6) is 0 Å². The second-order valence-electron chi connectivity index (χ2n) is 8.61. The van der Waals surface area contributed by atoms with Gasteiger partial charge in [0.15, 0.2) is 5.58 Å². The van der Waals surface area contributed by atoms with Crippen molar-refractivity contribution in [3.63, 3.8) is 0 Å². The van der Waals surface area contributed by atoms with Gasteiger partial charge in [0.1, 0.15) is 23.2 Å². The van der Waals surface area contributed by atoms with Crippen LogP contribution >= 0.6 is 0 Å². The van der Waals surface area contributed by atoms with Crippen LogP contribution in [0, 0.1) is 5.92 Å². The monoisotopic (exact) mass is 442 g/mol. The molecule has 1 aliphatic carbocycles. The summed E-state index contributed by atoms with van der Waals surface area (Å²) in [6.07, 6.45) is -1.16. The van der Waals surface area contributed by atoms with Crippen molar-refractivity contribution in [3.05, 3.63) is 65.2 Å². The summed E-state index contributed by atoms with van der Waals surface area (Å²) in [4.78, 5) is 4.32. The number of aromatic nitrogens is 4. The summed E-state index contributed by atoms with van der Waals surface area (Å²) < 4.78 is 48.2. The molecule has 1 aliphatic rings. The van der Waals surface area contributed by atoms with E-state index in [9.17, 15) is 18.3 Å². The normalized spacial score (nSPS) is 21.1. The SMILES string of the molecule is CC1CC(c2cccc(-c3nc4cc(CO)cc(C(F)(F)F)c4o3)c2)(c2nncn2C)C1. The van der Waals surface area contributed by atoms with E-state index < -0.39 is 18.3 Å². The highest BCUT2D eigenvalue weighted by molar-refractivity contribution is 5.81. The number of benzene rings is 2. The Morgan fingerprint density at radius 1 is 1.22 bits per heavy atom. The van der Waals surface area contributed by atoms with Crippen molar-refractivity contribution >= 4 is 11.1 Å². The zero-order chi connectivity index (χ0) is 22.7. The number of aryl methyl sites for hydroxylation is 1. The zero-order valence-electron chi connectivity index (χ0n) is 17.5. The minimum Gasteiger partial charge on any atom is -0.435 e. The van der Waals surface area contributed by atoms with E-state index in [-0.39, 0.29) is 28.0 Å². The molecule has 9 heteroatoms. The molecule has 2 aromatic carbocycles. The lowest BCUT2D eigenvalue weighted by molar-refractivity contribution is -0.136. The van der Waals surface area contributed by atoms with Crippen LogP contribution in [0.3, 0.4) is 0 Å². The summed E-state index contributed by atoms with van der Waals surface area (Å²) in [5.74, 6) is 1.48. The maximum atomic E-state index is 13.6. The minimum absolute atomic E-state index is 0.0598. The standard InChI is InChI=1S/C23H21F3N4O2/c1-13-9-22(10-13,21-29-27-12-30(21)2)16-5-3-4-15(8-16)20-28-18-7-14(11-31)6-17(19(18)32-20)23(24,25)26/h3-8,12-13,31H,9-11H2,1-2H3. The van der Waals surface area contributed by atoms with Gasteiger partial charge in [0, 0.05) is 12.6 Å². The molecule has 0 atom stereocenters. The largest absolute Gasteiger partial charge is 0.435 e. The lowest BCUT2D eigenvalue weighted by atomic mass is 9.58. The molecule has 5 rings (SSSR count). The van der Waals surface area contributed by atoms with Gasteiger partial charge < -0.3 is 14.1 Å². The number of nitrogens with zero attached hydrogens (tertiary/aromatic N) is 4. The summed E-state index contributed by atoms with van der Waals surface area (Å²) in [6, 6.07) is 9.83. The van der Waals surface area contributed by atoms with E-state index in [0.29, 0.717) is 11.5 Å². The lowest BCUT2D eigenvalue weighted by Gasteiger charge is -2.46. The van der Waals surface area contributed by atoms with Gasteiger partial charge in [-0.2, -0.15) is 13.2 Å². The molecular weight excluding hydrogens is 421 g/mol. The first kappa shape index (κ1) is 20.7. The molecular formula is C23H21F3N4O2. The minimum atomic E-state index is -4.63. The number of aliphatic hydroxyl groups is 1. The Bertz CT molecular complexity index is 1300. The summed E-state index contributed by atoms with van der Waals surface area (Å²) in [5.41, 5.74) is 0.172. The second-order valence-corrected chi connectivity index (χ2v) is 8.61. The Balaban J connectivity index is 1.63. The topological polar surface area (TPSA) is 77.0 Å². The smallest absolute Gasteiger partial charge is 0.420 e. The Kier molecular flexibility index (Phi) is 4.63. The quantitative estimate of drug-likeness (QED) is 0.489. The van der Waals surface area contributed by atoms with E-state index in [1.165, 1.54) is 6.07 Å². The molecule has 32 heavy (non-hydrogen) atoms. The van der Waals surface area contributed by atoms with Crippen LogP contribution in [-0.4, -0.2) is 24.9 Å². The molecule has 0 aliphatic heterocycles. The molecule has 4 aromatic rings. The van der Waals surface area contributed by atoms with Crippen LogP contribution in [0.2, 0.25) is 0 Å². The van der Waals surface area contributed by atoms with Gasteiger partial charge in [-0.25, -0.2) is 4.98 Å².